The second-order valence-electron chi connectivity index (χ2n) is 5.98. The van der Waals surface area contributed by atoms with Crippen LogP contribution in [0.25, 0.3) is 11.5 Å². The molecule has 0 aliphatic heterocycles. The van der Waals surface area contributed by atoms with Gasteiger partial charge in [-0.05, 0) is 37.1 Å². The minimum absolute atomic E-state index is 0.173. The summed E-state index contributed by atoms with van der Waals surface area (Å²) < 4.78 is 5.23. The molecule has 2 aromatic rings. The fourth-order valence-electron chi connectivity index (χ4n) is 2.95. The number of urea groups is 1. The van der Waals surface area contributed by atoms with Crippen LogP contribution in [-0.2, 0) is 0 Å². The molecule has 1 aliphatic rings. The molecule has 2 unspecified atom stereocenters. The van der Waals surface area contributed by atoms with Gasteiger partial charge in [0, 0.05) is 30.8 Å². The highest BCUT2D eigenvalue weighted by Crippen LogP contribution is 2.26. The number of rotatable bonds is 4. The van der Waals surface area contributed by atoms with Gasteiger partial charge in [-0.3, -0.25) is 0 Å². The summed E-state index contributed by atoms with van der Waals surface area (Å²) >= 11 is 0. The van der Waals surface area contributed by atoms with Gasteiger partial charge in [-0.2, -0.15) is 0 Å². The summed E-state index contributed by atoms with van der Waals surface area (Å²) in [5.41, 5.74) is 1.57. The molecule has 122 valence electrons. The molecule has 2 N–H and O–H groups in total. The lowest BCUT2D eigenvalue weighted by Crippen LogP contribution is -2.37. The molecule has 1 heterocycles. The Morgan fingerprint density at radius 2 is 2.17 bits per heavy atom. The third kappa shape index (κ3) is 3.71. The number of aliphatic hydroxyl groups excluding tert-OH is 1. The van der Waals surface area contributed by atoms with Crippen LogP contribution in [-0.4, -0.2) is 40.7 Å². The van der Waals surface area contributed by atoms with Crippen molar-refractivity contribution in [1.29, 1.82) is 0 Å². The second kappa shape index (κ2) is 6.83. The van der Waals surface area contributed by atoms with E-state index in [1.165, 1.54) is 6.26 Å². The third-order valence-electron chi connectivity index (χ3n) is 4.29. The summed E-state index contributed by atoms with van der Waals surface area (Å²) in [6, 6.07) is 7.16. The first-order valence-corrected chi connectivity index (χ1v) is 7.83. The zero-order valence-electron chi connectivity index (χ0n) is 13.1. The lowest BCUT2D eigenvalue weighted by Gasteiger charge is -2.23. The monoisotopic (exact) mass is 315 g/mol. The maximum Gasteiger partial charge on any atom is 0.321 e. The van der Waals surface area contributed by atoms with E-state index >= 15 is 0 Å². The molecular weight excluding hydrogens is 294 g/mol. The number of nitrogens with zero attached hydrogens (tertiary/aromatic N) is 2. The van der Waals surface area contributed by atoms with Gasteiger partial charge in [0.15, 0.2) is 0 Å². The van der Waals surface area contributed by atoms with Crippen molar-refractivity contribution in [3.05, 3.63) is 36.7 Å². The highest BCUT2D eigenvalue weighted by molar-refractivity contribution is 5.89. The molecule has 0 bridgehead atoms. The lowest BCUT2D eigenvalue weighted by atomic mass is 10.1. The minimum atomic E-state index is -0.287. The maximum atomic E-state index is 12.2. The van der Waals surface area contributed by atoms with Gasteiger partial charge in [0.05, 0.1) is 12.3 Å². The van der Waals surface area contributed by atoms with Crippen molar-refractivity contribution in [3.63, 3.8) is 0 Å². The van der Waals surface area contributed by atoms with Crippen molar-refractivity contribution >= 4 is 11.7 Å². The van der Waals surface area contributed by atoms with Gasteiger partial charge in [-0.25, -0.2) is 9.78 Å². The number of aromatic nitrogens is 1. The van der Waals surface area contributed by atoms with E-state index in [0.717, 1.165) is 24.8 Å². The van der Waals surface area contributed by atoms with Crippen LogP contribution < -0.4 is 5.32 Å². The highest BCUT2D eigenvalue weighted by atomic mass is 16.3. The van der Waals surface area contributed by atoms with Crippen LogP contribution >= 0.6 is 0 Å². The largest absolute Gasteiger partial charge is 0.445 e. The smallest absolute Gasteiger partial charge is 0.321 e. The van der Waals surface area contributed by atoms with Gasteiger partial charge in [0.1, 0.15) is 6.26 Å². The molecule has 1 aliphatic carbocycles. The van der Waals surface area contributed by atoms with E-state index in [2.05, 4.69) is 10.3 Å². The van der Waals surface area contributed by atoms with E-state index in [9.17, 15) is 9.90 Å². The molecule has 1 aromatic carbocycles. The lowest BCUT2D eigenvalue weighted by molar-refractivity contribution is 0.116. The van der Waals surface area contributed by atoms with Crippen LogP contribution in [0, 0.1) is 5.92 Å². The fraction of sp³-hybridized carbons (Fsp3) is 0.412. The molecule has 6 nitrogen and oxygen atoms in total. The Hall–Kier alpha value is -2.34. The number of anilines is 1. The van der Waals surface area contributed by atoms with Crippen LogP contribution in [0.2, 0.25) is 0 Å². The number of aliphatic hydroxyl groups is 1. The van der Waals surface area contributed by atoms with E-state index in [4.69, 9.17) is 4.42 Å². The molecule has 23 heavy (non-hydrogen) atoms. The highest BCUT2D eigenvalue weighted by Gasteiger charge is 2.27. The van der Waals surface area contributed by atoms with E-state index in [1.54, 1.807) is 18.1 Å². The van der Waals surface area contributed by atoms with Crippen LogP contribution in [0.15, 0.2) is 41.1 Å². The van der Waals surface area contributed by atoms with Crippen LogP contribution in [0.3, 0.4) is 0 Å². The van der Waals surface area contributed by atoms with Crippen molar-refractivity contribution < 1.29 is 14.3 Å². The Morgan fingerprint density at radius 1 is 1.39 bits per heavy atom. The molecule has 2 amide bonds. The summed E-state index contributed by atoms with van der Waals surface area (Å²) in [6.45, 7) is 0.571. The summed E-state index contributed by atoms with van der Waals surface area (Å²) in [5.74, 6) is 0.730. The Balaban J connectivity index is 1.56. The molecule has 1 aromatic heterocycles. The SMILES string of the molecule is CN(CC1CCCC1O)C(=O)Nc1ccc(-c2ncco2)cc1. The summed E-state index contributed by atoms with van der Waals surface area (Å²) in [6.07, 6.45) is 5.68. The number of carbonyl (C=O) groups is 1. The van der Waals surface area contributed by atoms with Crippen LogP contribution in [0.4, 0.5) is 10.5 Å². The van der Waals surface area contributed by atoms with E-state index < -0.39 is 0 Å². The molecule has 1 saturated carbocycles. The Bertz CT molecular complexity index is 640. The summed E-state index contributed by atoms with van der Waals surface area (Å²) in [5, 5.41) is 12.7. The topological polar surface area (TPSA) is 78.6 Å². The van der Waals surface area contributed by atoms with Crippen molar-refractivity contribution in [2.24, 2.45) is 5.92 Å². The van der Waals surface area contributed by atoms with Crippen LogP contribution in [0.5, 0.6) is 0 Å². The van der Waals surface area contributed by atoms with Gasteiger partial charge < -0.3 is 19.7 Å². The van der Waals surface area contributed by atoms with Crippen molar-refractivity contribution in [3.8, 4) is 11.5 Å². The van der Waals surface area contributed by atoms with Gasteiger partial charge in [0.2, 0.25) is 5.89 Å². The first-order chi connectivity index (χ1) is 11.1. The van der Waals surface area contributed by atoms with Gasteiger partial charge in [-0.1, -0.05) is 6.42 Å². The average Bonchev–Trinajstić information content (AvgIpc) is 3.21. The molecular formula is C17H21N3O3. The van der Waals surface area contributed by atoms with E-state index in [0.29, 0.717) is 18.1 Å². The van der Waals surface area contributed by atoms with Crippen LogP contribution in [0.1, 0.15) is 19.3 Å². The standard InChI is InChI=1S/C17H21N3O3/c1-20(11-13-3-2-4-15(13)21)17(22)19-14-7-5-12(6-8-14)16-18-9-10-23-16/h5-10,13,15,21H,2-4,11H2,1H3,(H,19,22). The second-order valence-corrected chi connectivity index (χ2v) is 5.98. The first-order valence-electron chi connectivity index (χ1n) is 7.83. The summed E-state index contributed by atoms with van der Waals surface area (Å²) in [4.78, 5) is 17.9. The Morgan fingerprint density at radius 3 is 2.78 bits per heavy atom. The molecule has 0 saturated heterocycles. The zero-order chi connectivity index (χ0) is 16.2. The van der Waals surface area contributed by atoms with Gasteiger partial charge in [-0.15, -0.1) is 0 Å². The molecule has 0 spiro atoms. The first kappa shape index (κ1) is 15.6. The maximum absolute atomic E-state index is 12.2. The van der Waals surface area contributed by atoms with E-state index in [1.807, 2.05) is 24.3 Å². The fourth-order valence-corrected chi connectivity index (χ4v) is 2.95. The predicted molar refractivity (Wildman–Crippen MR) is 86.9 cm³/mol. The molecule has 2 atom stereocenters. The zero-order valence-corrected chi connectivity index (χ0v) is 13.1. The van der Waals surface area contributed by atoms with Crippen molar-refractivity contribution in [2.45, 2.75) is 25.4 Å². The molecule has 0 radical (unpaired) electrons. The van der Waals surface area contributed by atoms with Gasteiger partial charge in [0.25, 0.3) is 0 Å². The van der Waals surface area contributed by atoms with Crippen molar-refractivity contribution in [1.82, 2.24) is 9.88 Å². The normalized spacial score (nSPS) is 20.4. The summed E-state index contributed by atoms with van der Waals surface area (Å²) in [7, 11) is 1.75. The average molecular weight is 315 g/mol. The molecule has 6 heteroatoms. The van der Waals surface area contributed by atoms with Crippen molar-refractivity contribution in [2.75, 3.05) is 18.9 Å². The number of hydrogen-bond donors (Lipinski definition) is 2. The number of oxazole rings is 1. The Labute approximate surface area is 135 Å². The number of hydrogen-bond acceptors (Lipinski definition) is 4. The molecule has 1 fully saturated rings. The number of benzene rings is 1. The van der Waals surface area contributed by atoms with Gasteiger partial charge >= 0.3 is 6.03 Å². The number of nitrogens with one attached hydrogen (secondary N) is 1. The van der Waals surface area contributed by atoms with E-state index in [-0.39, 0.29) is 18.1 Å². The quantitative estimate of drug-likeness (QED) is 0.909. The Kier molecular flexibility index (Phi) is 4.62. The minimum Gasteiger partial charge on any atom is -0.445 e. The predicted octanol–water partition coefficient (Wildman–Crippen LogP) is 2.97. The number of amides is 2. The number of carbonyl (C=O) groups excluding carboxylic acids is 1. The molecule has 3 rings (SSSR count). The third-order valence-corrected chi connectivity index (χ3v) is 4.29.